The van der Waals surface area contributed by atoms with Crippen LogP contribution >= 0.6 is 0 Å². The number of fused-ring (bicyclic) bond motifs is 1. The third-order valence-electron chi connectivity index (χ3n) is 2.68. The number of aromatic amines is 1. The Hall–Kier alpha value is -2.97. The molecule has 0 fully saturated rings. The van der Waals surface area contributed by atoms with Crippen LogP contribution < -0.4 is 11.1 Å². The number of nitrogens with one attached hydrogen (secondary N) is 2. The Kier molecular flexibility index (Phi) is 2.78. The van der Waals surface area contributed by atoms with Crippen molar-refractivity contribution in [2.75, 3.05) is 11.9 Å². The summed E-state index contributed by atoms with van der Waals surface area (Å²) >= 11 is 0. The first-order valence-corrected chi connectivity index (χ1v) is 6.00. The molecule has 9 heteroatoms. The van der Waals surface area contributed by atoms with Crippen molar-refractivity contribution in [2.24, 2.45) is 5.73 Å². The smallest absolute Gasteiger partial charge is 0.269 e. The zero-order valence-corrected chi connectivity index (χ0v) is 10.7. The minimum absolute atomic E-state index is 0.172. The summed E-state index contributed by atoms with van der Waals surface area (Å²) in [7, 11) is 0. The fourth-order valence-electron chi connectivity index (χ4n) is 1.80. The molecule has 0 saturated heterocycles. The van der Waals surface area contributed by atoms with Gasteiger partial charge in [-0.25, -0.2) is 4.68 Å². The van der Waals surface area contributed by atoms with Crippen molar-refractivity contribution in [1.82, 2.24) is 29.9 Å². The molecule has 0 aromatic carbocycles. The molecule has 4 N–H and O–H groups in total. The van der Waals surface area contributed by atoms with Crippen molar-refractivity contribution in [1.29, 1.82) is 0 Å². The number of carbonyl (C=O) groups excluding carboxylic acids is 1. The van der Waals surface area contributed by atoms with E-state index in [0.717, 1.165) is 0 Å². The topological polar surface area (TPSA) is 127 Å². The van der Waals surface area contributed by atoms with Crippen LogP contribution in [0.1, 0.15) is 17.4 Å². The van der Waals surface area contributed by atoms with Gasteiger partial charge in [-0.05, 0) is 13.0 Å². The van der Waals surface area contributed by atoms with Gasteiger partial charge in [-0.1, -0.05) is 0 Å². The maximum absolute atomic E-state index is 11.1. The Balaban J connectivity index is 2.17. The van der Waals surface area contributed by atoms with Crippen molar-refractivity contribution in [3.05, 3.63) is 24.2 Å². The van der Waals surface area contributed by atoms with Crippen molar-refractivity contribution in [2.45, 2.75) is 6.92 Å². The molecule has 0 radical (unpaired) electrons. The zero-order valence-electron chi connectivity index (χ0n) is 10.7. The first-order chi connectivity index (χ1) is 9.69. The monoisotopic (exact) mass is 272 g/mol. The van der Waals surface area contributed by atoms with Crippen LogP contribution in [0.15, 0.2) is 18.5 Å². The molecule has 1 amide bonds. The second-order valence-corrected chi connectivity index (χ2v) is 4.04. The Morgan fingerprint density at radius 1 is 1.50 bits per heavy atom. The van der Waals surface area contributed by atoms with E-state index in [1.54, 1.807) is 12.4 Å². The number of nitrogens with two attached hydrogens (primary N) is 1. The summed E-state index contributed by atoms with van der Waals surface area (Å²) in [5, 5.41) is 14.5. The second kappa shape index (κ2) is 4.61. The van der Waals surface area contributed by atoms with Gasteiger partial charge in [0.05, 0.1) is 11.6 Å². The maximum atomic E-state index is 11.1. The normalized spacial score (nSPS) is 10.8. The molecule has 102 valence electrons. The van der Waals surface area contributed by atoms with Crippen LogP contribution in [0, 0.1) is 0 Å². The molecule has 0 aliphatic rings. The number of carbonyl (C=O) groups is 1. The Morgan fingerprint density at radius 2 is 2.35 bits per heavy atom. The zero-order chi connectivity index (χ0) is 14.1. The number of primary amides is 1. The third kappa shape index (κ3) is 1.94. The quantitative estimate of drug-likeness (QED) is 0.616. The molecule has 3 heterocycles. The second-order valence-electron chi connectivity index (χ2n) is 4.04. The number of H-pyrrole nitrogens is 1. The minimum Gasteiger partial charge on any atom is -0.364 e. The van der Waals surface area contributed by atoms with Gasteiger partial charge < -0.3 is 11.1 Å². The van der Waals surface area contributed by atoms with Gasteiger partial charge in [0.25, 0.3) is 5.91 Å². The predicted octanol–water partition coefficient (Wildman–Crippen LogP) is 0.0693. The number of hydrogen-bond donors (Lipinski definition) is 3. The van der Waals surface area contributed by atoms with E-state index in [4.69, 9.17) is 5.73 Å². The molecular weight excluding hydrogens is 260 g/mol. The van der Waals surface area contributed by atoms with Crippen molar-refractivity contribution in [3.8, 4) is 5.82 Å². The summed E-state index contributed by atoms with van der Waals surface area (Å²) in [6.07, 6.45) is 3.22. The van der Waals surface area contributed by atoms with E-state index in [0.29, 0.717) is 29.3 Å². The number of hydrogen-bond acceptors (Lipinski definition) is 6. The summed E-state index contributed by atoms with van der Waals surface area (Å²) in [5.41, 5.74) is 5.95. The first-order valence-electron chi connectivity index (χ1n) is 6.00. The van der Waals surface area contributed by atoms with Crippen LogP contribution in [0.5, 0.6) is 0 Å². The summed E-state index contributed by atoms with van der Waals surface area (Å²) in [5.74, 6) is 0.385. The first kappa shape index (κ1) is 12.1. The lowest BCUT2D eigenvalue weighted by Crippen LogP contribution is -2.13. The fourth-order valence-corrected chi connectivity index (χ4v) is 1.80. The van der Waals surface area contributed by atoms with E-state index >= 15 is 0 Å². The molecule has 3 rings (SSSR count). The molecule has 20 heavy (non-hydrogen) atoms. The van der Waals surface area contributed by atoms with Crippen LogP contribution in [0.4, 0.5) is 5.95 Å². The van der Waals surface area contributed by atoms with Gasteiger partial charge in [-0.3, -0.25) is 9.89 Å². The van der Waals surface area contributed by atoms with Crippen molar-refractivity contribution >= 4 is 22.9 Å². The standard InChI is InChI=1S/C11H12N8O/c1-2-13-11-15-9-6(5-14-17-9)10(16-11)19-4-3-7(18-19)8(12)20/h3-5H,2H2,1H3,(H2,12,20)(H2,13,14,15,16,17). The molecule has 0 aliphatic heterocycles. The Bertz CT molecular complexity index is 774. The molecule has 3 aromatic heterocycles. The van der Waals surface area contributed by atoms with E-state index in [1.165, 1.54) is 10.7 Å². The highest BCUT2D eigenvalue weighted by atomic mass is 16.1. The van der Waals surface area contributed by atoms with Crippen molar-refractivity contribution < 1.29 is 4.79 Å². The van der Waals surface area contributed by atoms with E-state index in [2.05, 4.69) is 30.6 Å². The molecule has 3 aromatic rings. The van der Waals surface area contributed by atoms with E-state index < -0.39 is 5.91 Å². The van der Waals surface area contributed by atoms with Gasteiger partial charge in [-0.15, -0.1) is 0 Å². The van der Waals surface area contributed by atoms with Crippen LogP contribution in [0.2, 0.25) is 0 Å². The molecule has 0 atom stereocenters. The number of amides is 1. The lowest BCUT2D eigenvalue weighted by atomic mass is 10.4. The minimum atomic E-state index is -0.590. The fraction of sp³-hybridized carbons (Fsp3) is 0.182. The van der Waals surface area contributed by atoms with E-state index in [1.807, 2.05) is 6.92 Å². The Labute approximate surface area is 113 Å². The van der Waals surface area contributed by atoms with E-state index in [9.17, 15) is 4.79 Å². The van der Waals surface area contributed by atoms with Gasteiger partial charge in [0.1, 0.15) is 5.69 Å². The molecule has 0 saturated carbocycles. The number of nitrogens with zero attached hydrogens (tertiary/aromatic N) is 5. The highest BCUT2D eigenvalue weighted by Crippen LogP contribution is 2.18. The highest BCUT2D eigenvalue weighted by Gasteiger charge is 2.13. The molecule has 0 unspecified atom stereocenters. The molecule has 0 bridgehead atoms. The third-order valence-corrected chi connectivity index (χ3v) is 2.68. The van der Waals surface area contributed by atoms with Crippen LogP contribution in [-0.4, -0.2) is 42.4 Å². The SMILES string of the molecule is CCNc1nc(-n2ccc(C(N)=O)n2)c2cn[nH]c2n1. The van der Waals surface area contributed by atoms with Crippen LogP contribution in [0.3, 0.4) is 0 Å². The molecule has 9 nitrogen and oxygen atoms in total. The lowest BCUT2D eigenvalue weighted by molar-refractivity contribution is 0.0995. The average Bonchev–Trinajstić information content (AvgIpc) is 3.07. The van der Waals surface area contributed by atoms with Crippen LogP contribution in [-0.2, 0) is 0 Å². The highest BCUT2D eigenvalue weighted by molar-refractivity contribution is 5.90. The maximum Gasteiger partial charge on any atom is 0.269 e. The van der Waals surface area contributed by atoms with Crippen molar-refractivity contribution in [3.63, 3.8) is 0 Å². The molecule has 0 aliphatic carbocycles. The lowest BCUT2D eigenvalue weighted by Gasteiger charge is -2.06. The summed E-state index contributed by atoms with van der Waals surface area (Å²) in [4.78, 5) is 19.8. The van der Waals surface area contributed by atoms with Gasteiger partial charge in [-0.2, -0.15) is 20.2 Å². The molecule has 0 spiro atoms. The number of aromatic nitrogens is 6. The van der Waals surface area contributed by atoms with Gasteiger partial charge in [0.2, 0.25) is 5.95 Å². The van der Waals surface area contributed by atoms with Gasteiger partial charge in [0.15, 0.2) is 11.5 Å². The Morgan fingerprint density at radius 3 is 3.05 bits per heavy atom. The molecular formula is C11H12N8O. The van der Waals surface area contributed by atoms with Gasteiger partial charge >= 0.3 is 0 Å². The largest absolute Gasteiger partial charge is 0.364 e. The summed E-state index contributed by atoms with van der Waals surface area (Å²) in [6.45, 7) is 2.63. The van der Waals surface area contributed by atoms with Gasteiger partial charge in [0, 0.05) is 12.7 Å². The number of anilines is 1. The summed E-state index contributed by atoms with van der Waals surface area (Å²) < 4.78 is 1.47. The van der Waals surface area contributed by atoms with E-state index in [-0.39, 0.29) is 5.69 Å². The van der Waals surface area contributed by atoms with Crippen LogP contribution in [0.25, 0.3) is 16.9 Å². The average molecular weight is 272 g/mol. The predicted molar refractivity (Wildman–Crippen MR) is 71.5 cm³/mol. The number of rotatable bonds is 4. The summed E-state index contributed by atoms with van der Waals surface area (Å²) in [6, 6.07) is 1.53.